The van der Waals surface area contributed by atoms with Gasteiger partial charge in [0, 0.05) is 24.6 Å². The van der Waals surface area contributed by atoms with Crippen LogP contribution in [0, 0.1) is 6.92 Å². The molecule has 0 saturated heterocycles. The Morgan fingerprint density at radius 2 is 2.38 bits per heavy atom. The zero-order valence-electron chi connectivity index (χ0n) is 12.1. The Hall–Kier alpha value is -2.34. The van der Waals surface area contributed by atoms with Crippen molar-refractivity contribution in [3.63, 3.8) is 0 Å². The van der Waals surface area contributed by atoms with Gasteiger partial charge in [0.1, 0.15) is 12.0 Å². The van der Waals surface area contributed by atoms with E-state index in [4.69, 9.17) is 10.6 Å². The van der Waals surface area contributed by atoms with Gasteiger partial charge in [-0.25, -0.2) is 0 Å². The first-order valence-electron chi connectivity index (χ1n) is 6.85. The highest BCUT2D eigenvalue weighted by Crippen LogP contribution is 2.37. The lowest BCUT2D eigenvalue weighted by Crippen LogP contribution is -2.26. The molecule has 0 radical (unpaired) electrons. The van der Waals surface area contributed by atoms with Crippen LogP contribution in [-0.4, -0.2) is 23.9 Å². The molecule has 3 N–H and O–H groups in total. The zero-order valence-corrected chi connectivity index (χ0v) is 12.1. The number of ether oxygens (including phenoxy) is 1. The van der Waals surface area contributed by atoms with Crippen LogP contribution in [0.15, 0.2) is 23.3 Å². The molecule has 21 heavy (non-hydrogen) atoms. The molecule has 1 aliphatic rings. The number of aryl methyl sites for hydroxylation is 2. The molecule has 1 atom stereocenters. The number of hydrazone groups is 1. The maximum Gasteiger partial charge on any atom is 0.273 e. The summed E-state index contributed by atoms with van der Waals surface area (Å²) in [6.45, 7) is 2.80. The van der Waals surface area contributed by atoms with Crippen molar-refractivity contribution < 1.29 is 9.53 Å². The Kier molecular flexibility index (Phi) is 3.39. The van der Waals surface area contributed by atoms with Gasteiger partial charge in [-0.3, -0.25) is 4.79 Å². The summed E-state index contributed by atoms with van der Waals surface area (Å²) in [6, 6.07) is 6.08. The van der Waals surface area contributed by atoms with Gasteiger partial charge in [-0.1, -0.05) is 12.1 Å². The number of benzene rings is 1. The summed E-state index contributed by atoms with van der Waals surface area (Å²) in [5, 5.41) is 6.95. The summed E-state index contributed by atoms with van der Waals surface area (Å²) in [5.41, 5.74) is 3.99. The fraction of sp³-hybridized carbons (Fsp3) is 0.333. The number of amides is 1. The minimum atomic E-state index is -0.207. The van der Waals surface area contributed by atoms with Gasteiger partial charge in [0.05, 0.1) is 11.6 Å². The normalized spacial score (nSPS) is 17.5. The molecule has 0 aliphatic carbocycles. The van der Waals surface area contributed by atoms with E-state index in [0.717, 1.165) is 35.0 Å². The van der Waals surface area contributed by atoms with E-state index in [1.165, 1.54) is 6.34 Å². The van der Waals surface area contributed by atoms with E-state index in [2.05, 4.69) is 22.6 Å². The molecule has 3 rings (SSSR count). The summed E-state index contributed by atoms with van der Waals surface area (Å²) in [4.78, 5) is 12.2. The average Bonchev–Trinajstić information content (AvgIpc) is 2.89. The van der Waals surface area contributed by atoms with E-state index >= 15 is 0 Å². The number of nitrogens with zero attached hydrogens (tertiary/aromatic N) is 2. The Bertz CT molecular complexity index is 733. The second-order valence-corrected chi connectivity index (χ2v) is 5.18. The third kappa shape index (κ3) is 2.08. The van der Waals surface area contributed by atoms with Crippen molar-refractivity contribution in [2.24, 2.45) is 10.9 Å². The molecule has 0 saturated carbocycles. The van der Waals surface area contributed by atoms with Crippen molar-refractivity contribution in [1.82, 2.24) is 9.88 Å². The molecule has 0 spiro atoms. The van der Waals surface area contributed by atoms with Gasteiger partial charge < -0.3 is 20.5 Å². The molecule has 1 aromatic carbocycles. The highest BCUT2D eigenvalue weighted by molar-refractivity contribution is 6.04. The topological polar surface area (TPSA) is 81.6 Å². The van der Waals surface area contributed by atoms with Crippen molar-refractivity contribution in [3.8, 4) is 0 Å². The van der Waals surface area contributed by atoms with Crippen molar-refractivity contribution in [3.05, 3.63) is 35.0 Å². The van der Waals surface area contributed by atoms with Gasteiger partial charge in [0.2, 0.25) is 0 Å². The molecule has 0 bridgehead atoms. The van der Waals surface area contributed by atoms with E-state index in [1.807, 2.05) is 17.6 Å². The summed E-state index contributed by atoms with van der Waals surface area (Å²) < 4.78 is 7.61. The highest BCUT2D eigenvalue weighted by atomic mass is 16.5. The van der Waals surface area contributed by atoms with E-state index in [-0.39, 0.29) is 12.0 Å². The number of methoxy groups -OCH3 is 1. The van der Waals surface area contributed by atoms with Crippen LogP contribution in [0.4, 0.5) is 0 Å². The lowest BCUT2D eigenvalue weighted by atomic mass is 9.98. The highest BCUT2D eigenvalue weighted by Gasteiger charge is 2.26. The number of nitrogens with two attached hydrogens (primary N) is 1. The van der Waals surface area contributed by atoms with Crippen LogP contribution in [0.1, 0.15) is 34.1 Å². The predicted molar refractivity (Wildman–Crippen MR) is 81.2 cm³/mol. The van der Waals surface area contributed by atoms with Crippen LogP contribution >= 0.6 is 0 Å². The van der Waals surface area contributed by atoms with Gasteiger partial charge in [-0.15, -0.1) is 0 Å². The van der Waals surface area contributed by atoms with Crippen molar-refractivity contribution in [1.29, 1.82) is 0 Å². The first-order valence-corrected chi connectivity index (χ1v) is 6.85. The predicted octanol–water partition coefficient (Wildman–Crippen LogP) is 1.67. The van der Waals surface area contributed by atoms with Gasteiger partial charge in [0.15, 0.2) is 0 Å². The lowest BCUT2D eigenvalue weighted by Gasteiger charge is -2.25. The molecule has 1 amide bonds. The molecule has 1 aromatic heterocycles. The molecule has 110 valence electrons. The van der Waals surface area contributed by atoms with Crippen LogP contribution in [0.3, 0.4) is 0 Å². The second kappa shape index (κ2) is 5.21. The van der Waals surface area contributed by atoms with Gasteiger partial charge in [-0.2, -0.15) is 5.10 Å². The smallest absolute Gasteiger partial charge is 0.273 e. The van der Waals surface area contributed by atoms with Crippen LogP contribution in [-0.2, 0) is 11.3 Å². The third-order valence-electron chi connectivity index (χ3n) is 4.06. The maximum absolute atomic E-state index is 12.2. The summed E-state index contributed by atoms with van der Waals surface area (Å²) >= 11 is 0. The summed E-state index contributed by atoms with van der Waals surface area (Å²) in [6.07, 6.45) is 2.13. The average molecular weight is 286 g/mol. The first kappa shape index (κ1) is 13.6. The molecular weight excluding hydrogens is 268 g/mol. The molecule has 1 unspecified atom stereocenters. The number of carbonyl (C=O) groups excluding carboxylic acids is 1. The van der Waals surface area contributed by atoms with E-state index < -0.39 is 0 Å². The Labute approximate surface area is 122 Å². The number of hydrogen-bond donors (Lipinski definition) is 2. The number of carbonyl (C=O) groups is 1. The van der Waals surface area contributed by atoms with Crippen LogP contribution in [0.25, 0.3) is 10.9 Å². The molecule has 1 aliphatic heterocycles. The number of hydrogen-bond acceptors (Lipinski definition) is 4. The number of aromatic nitrogens is 1. The molecule has 6 nitrogen and oxygen atoms in total. The van der Waals surface area contributed by atoms with Gasteiger partial charge in [-0.05, 0) is 25.0 Å². The van der Waals surface area contributed by atoms with Gasteiger partial charge >= 0.3 is 0 Å². The molecule has 6 heteroatoms. The number of nitrogens with one attached hydrogen (secondary N) is 1. The van der Waals surface area contributed by atoms with Crippen LogP contribution < -0.4 is 11.2 Å². The van der Waals surface area contributed by atoms with E-state index in [1.54, 1.807) is 7.11 Å². The lowest BCUT2D eigenvalue weighted by molar-refractivity contribution is 0.0868. The Balaban J connectivity index is 2.20. The number of rotatable bonds is 3. The SMILES string of the molecule is COC1CCn2c(C(=O)NC=NN)cc3c(C)ccc1c32. The molecule has 0 fully saturated rings. The van der Waals surface area contributed by atoms with Crippen molar-refractivity contribution in [2.45, 2.75) is 26.0 Å². The quantitative estimate of drug-likeness (QED) is 0.390. The van der Waals surface area contributed by atoms with E-state index in [0.29, 0.717) is 5.69 Å². The zero-order chi connectivity index (χ0) is 15.0. The van der Waals surface area contributed by atoms with Crippen molar-refractivity contribution in [2.75, 3.05) is 7.11 Å². The molecule has 2 aromatic rings. The fourth-order valence-electron chi connectivity index (χ4n) is 3.04. The van der Waals surface area contributed by atoms with E-state index in [9.17, 15) is 4.79 Å². The first-order chi connectivity index (χ1) is 10.2. The fourth-order valence-corrected chi connectivity index (χ4v) is 3.04. The van der Waals surface area contributed by atoms with Crippen LogP contribution in [0.2, 0.25) is 0 Å². The second-order valence-electron chi connectivity index (χ2n) is 5.18. The maximum atomic E-state index is 12.2. The minimum absolute atomic E-state index is 0.0806. The minimum Gasteiger partial charge on any atom is -0.377 e. The van der Waals surface area contributed by atoms with Gasteiger partial charge in [0.25, 0.3) is 5.91 Å². The summed E-state index contributed by atoms with van der Waals surface area (Å²) in [7, 11) is 1.72. The molecule has 2 heterocycles. The summed E-state index contributed by atoms with van der Waals surface area (Å²) in [5.74, 6) is 4.82. The third-order valence-corrected chi connectivity index (χ3v) is 4.06. The Morgan fingerprint density at radius 1 is 1.57 bits per heavy atom. The van der Waals surface area contributed by atoms with Crippen molar-refractivity contribution >= 4 is 23.1 Å². The Morgan fingerprint density at radius 3 is 3.10 bits per heavy atom. The van der Waals surface area contributed by atoms with Crippen LogP contribution in [0.5, 0.6) is 0 Å². The standard InChI is InChI=1S/C15H18N4O2/c1-9-3-4-10-13(21-2)5-6-19-12(7-11(9)14(10)19)15(20)17-8-18-16/h3-4,7-8,13H,5-6,16H2,1-2H3,(H,17,18,20). The monoisotopic (exact) mass is 286 g/mol. The largest absolute Gasteiger partial charge is 0.377 e. The molecular formula is C15H18N4O2.